The Morgan fingerprint density at radius 2 is 2.12 bits per heavy atom. The fourth-order valence-corrected chi connectivity index (χ4v) is 2.32. The third kappa shape index (κ3) is 2.12. The van der Waals surface area contributed by atoms with E-state index in [1.807, 2.05) is 17.5 Å². The van der Waals surface area contributed by atoms with Gasteiger partial charge in [-0.15, -0.1) is 11.3 Å². The standard InChI is InChI=1S/C10H13N3O2S2/c1-10(2,17(3,14)15)9-11-8(12-13-9)7-5-4-6-16-7/h4-6H,1-3H3,(H,11,12,13). The highest BCUT2D eigenvalue weighted by Crippen LogP contribution is 2.28. The van der Waals surface area contributed by atoms with E-state index in [0.717, 1.165) is 4.88 Å². The Morgan fingerprint density at radius 1 is 1.41 bits per heavy atom. The number of hydrogen-bond acceptors (Lipinski definition) is 5. The molecule has 2 aromatic rings. The minimum absolute atomic E-state index is 0.364. The molecule has 0 aromatic carbocycles. The fraction of sp³-hybridized carbons (Fsp3) is 0.400. The summed E-state index contributed by atoms with van der Waals surface area (Å²) in [5, 5.41) is 8.68. The second-order valence-corrected chi connectivity index (χ2v) is 7.78. The average Bonchev–Trinajstić information content (AvgIpc) is 2.87. The number of rotatable bonds is 3. The molecule has 5 nitrogen and oxygen atoms in total. The Morgan fingerprint density at radius 3 is 2.65 bits per heavy atom. The van der Waals surface area contributed by atoms with Crippen molar-refractivity contribution in [1.29, 1.82) is 0 Å². The lowest BCUT2D eigenvalue weighted by atomic mass is 10.2. The minimum atomic E-state index is -3.24. The first-order valence-electron chi connectivity index (χ1n) is 4.99. The van der Waals surface area contributed by atoms with Crippen molar-refractivity contribution in [3.8, 4) is 10.7 Å². The van der Waals surface area contributed by atoms with Gasteiger partial charge in [0.2, 0.25) is 0 Å². The van der Waals surface area contributed by atoms with Gasteiger partial charge in [-0.3, -0.25) is 5.10 Å². The SMILES string of the molecule is CC(C)(c1nc(-c2cccs2)n[nH]1)S(C)(=O)=O. The summed E-state index contributed by atoms with van der Waals surface area (Å²) in [7, 11) is -3.24. The van der Waals surface area contributed by atoms with Crippen LogP contribution in [-0.4, -0.2) is 29.9 Å². The van der Waals surface area contributed by atoms with Crippen molar-refractivity contribution in [3.63, 3.8) is 0 Å². The van der Waals surface area contributed by atoms with Crippen LogP contribution in [0.15, 0.2) is 17.5 Å². The first kappa shape index (κ1) is 12.3. The van der Waals surface area contributed by atoms with Crippen LogP contribution in [0.4, 0.5) is 0 Å². The summed E-state index contributed by atoms with van der Waals surface area (Å²) in [4.78, 5) is 5.17. The maximum Gasteiger partial charge on any atom is 0.191 e. The number of thiophene rings is 1. The second kappa shape index (κ2) is 3.92. The molecule has 0 aliphatic carbocycles. The summed E-state index contributed by atoms with van der Waals surface area (Å²) in [6.07, 6.45) is 1.19. The number of hydrogen-bond donors (Lipinski definition) is 1. The normalized spacial score (nSPS) is 12.9. The zero-order valence-corrected chi connectivity index (χ0v) is 11.4. The van der Waals surface area contributed by atoms with E-state index in [4.69, 9.17) is 0 Å². The highest BCUT2D eigenvalue weighted by molar-refractivity contribution is 7.91. The van der Waals surface area contributed by atoms with Gasteiger partial charge in [0.25, 0.3) is 0 Å². The first-order valence-corrected chi connectivity index (χ1v) is 7.76. The quantitative estimate of drug-likeness (QED) is 0.923. The van der Waals surface area contributed by atoms with Gasteiger partial charge < -0.3 is 0 Å². The molecule has 0 aliphatic rings. The van der Waals surface area contributed by atoms with Gasteiger partial charge in [0.1, 0.15) is 10.6 Å². The highest BCUT2D eigenvalue weighted by atomic mass is 32.2. The number of nitrogens with one attached hydrogen (secondary N) is 1. The lowest BCUT2D eigenvalue weighted by Crippen LogP contribution is -2.29. The molecule has 1 N–H and O–H groups in total. The number of H-pyrrole nitrogens is 1. The average molecular weight is 271 g/mol. The smallest absolute Gasteiger partial charge is 0.191 e. The van der Waals surface area contributed by atoms with E-state index >= 15 is 0 Å². The Bertz CT molecular complexity index is 612. The van der Waals surface area contributed by atoms with Crippen molar-refractivity contribution in [2.45, 2.75) is 18.6 Å². The summed E-state index contributed by atoms with van der Waals surface area (Å²) in [5.41, 5.74) is 0. The topological polar surface area (TPSA) is 75.7 Å². The van der Waals surface area contributed by atoms with Gasteiger partial charge in [0, 0.05) is 6.26 Å². The number of aromatic amines is 1. The molecule has 0 aliphatic heterocycles. The molecule has 2 heterocycles. The fourth-order valence-electron chi connectivity index (χ4n) is 1.22. The van der Waals surface area contributed by atoms with E-state index in [0.29, 0.717) is 11.6 Å². The Balaban J connectivity index is 2.44. The van der Waals surface area contributed by atoms with Gasteiger partial charge in [-0.1, -0.05) is 6.07 Å². The highest BCUT2D eigenvalue weighted by Gasteiger charge is 2.35. The van der Waals surface area contributed by atoms with Gasteiger partial charge >= 0.3 is 0 Å². The van der Waals surface area contributed by atoms with Crippen LogP contribution < -0.4 is 0 Å². The molecule has 0 saturated heterocycles. The van der Waals surface area contributed by atoms with Crippen LogP contribution in [0.25, 0.3) is 10.7 Å². The molecule has 17 heavy (non-hydrogen) atoms. The van der Waals surface area contributed by atoms with Crippen LogP contribution >= 0.6 is 11.3 Å². The van der Waals surface area contributed by atoms with Crippen molar-refractivity contribution < 1.29 is 8.42 Å². The molecule has 7 heteroatoms. The van der Waals surface area contributed by atoms with Crippen molar-refractivity contribution in [2.24, 2.45) is 0 Å². The third-order valence-corrected chi connectivity index (χ3v) is 5.64. The molecular weight excluding hydrogens is 258 g/mol. The summed E-state index contributed by atoms with van der Waals surface area (Å²) < 4.78 is 22.3. The molecule has 2 aromatic heterocycles. The van der Waals surface area contributed by atoms with Gasteiger partial charge in [-0.2, -0.15) is 5.10 Å². The summed E-state index contributed by atoms with van der Waals surface area (Å²) in [5.74, 6) is 0.898. The monoisotopic (exact) mass is 271 g/mol. The van der Waals surface area contributed by atoms with Crippen LogP contribution in [0.3, 0.4) is 0 Å². The first-order chi connectivity index (χ1) is 7.82. The van der Waals surface area contributed by atoms with Crippen molar-refractivity contribution >= 4 is 21.2 Å². The van der Waals surface area contributed by atoms with Crippen LogP contribution in [-0.2, 0) is 14.6 Å². The Kier molecular flexibility index (Phi) is 2.82. The zero-order valence-electron chi connectivity index (χ0n) is 9.76. The molecule has 92 valence electrons. The van der Waals surface area contributed by atoms with Crippen LogP contribution in [0, 0.1) is 0 Å². The van der Waals surface area contributed by atoms with Crippen LogP contribution in [0.2, 0.25) is 0 Å². The van der Waals surface area contributed by atoms with E-state index in [2.05, 4.69) is 15.2 Å². The maximum atomic E-state index is 11.7. The third-order valence-electron chi connectivity index (χ3n) is 2.72. The molecule has 0 amide bonds. The van der Waals surface area contributed by atoms with E-state index in [1.165, 1.54) is 17.6 Å². The lowest BCUT2D eigenvalue weighted by molar-refractivity contribution is 0.551. The number of nitrogens with zero attached hydrogens (tertiary/aromatic N) is 2. The number of sulfone groups is 1. The molecule has 0 saturated carbocycles. The maximum absolute atomic E-state index is 11.7. The molecule has 0 fully saturated rings. The predicted molar refractivity (Wildman–Crippen MR) is 67.6 cm³/mol. The number of aromatic nitrogens is 3. The van der Waals surface area contributed by atoms with E-state index in [9.17, 15) is 8.42 Å². The van der Waals surface area contributed by atoms with Gasteiger partial charge in [-0.25, -0.2) is 13.4 Å². The molecule has 2 rings (SSSR count). The second-order valence-electron chi connectivity index (χ2n) is 4.27. The minimum Gasteiger partial charge on any atom is -0.261 e. The largest absolute Gasteiger partial charge is 0.261 e. The van der Waals surface area contributed by atoms with Crippen molar-refractivity contribution in [3.05, 3.63) is 23.3 Å². The summed E-state index contributed by atoms with van der Waals surface area (Å²) in [6, 6.07) is 3.79. The van der Waals surface area contributed by atoms with E-state index in [-0.39, 0.29) is 0 Å². The lowest BCUT2D eigenvalue weighted by Gasteiger charge is -2.18. The van der Waals surface area contributed by atoms with Crippen molar-refractivity contribution in [1.82, 2.24) is 15.2 Å². The molecule has 0 unspecified atom stereocenters. The summed E-state index contributed by atoms with van der Waals surface area (Å²) >= 11 is 1.51. The zero-order chi connectivity index (χ0) is 12.7. The van der Waals surface area contributed by atoms with Gasteiger partial charge in [0.05, 0.1) is 4.88 Å². The van der Waals surface area contributed by atoms with Crippen LogP contribution in [0.1, 0.15) is 19.7 Å². The molecule has 0 radical (unpaired) electrons. The molecular formula is C10H13N3O2S2. The summed E-state index contributed by atoms with van der Waals surface area (Å²) in [6.45, 7) is 3.22. The van der Waals surface area contributed by atoms with E-state index < -0.39 is 14.6 Å². The van der Waals surface area contributed by atoms with Gasteiger partial charge in [-0.05, 0) is 25.3 Å². The predicted octanol–water partition coefficient (Wildman–Crippen LogP) is 1.81. The van der Waals surface area contributed by atoms with Gasteiger partial charge in [0.15, 0.2) is 15.7 Å². The Hall–Kier alpha value is -1.21. The molecule has 0 bridgehead atoms. The molecule has 0 atom stereocenters. The van der Waals surface area contributed by atoms with Crippen LogP contribution in [0.5, 0.6) is 0 Å². The molecule has 0 spiro atoms. The van der Waals surface area contributed by atoms with E-state index in [1.54, 1.807) is 13.8 Å². The van der Waals surface area contributed by atoms with Crippen molar-refractivity contribution in [2.75, 3.05) is 6.26 Å². The Labute approximate surface area is 104 Å².